The highest BCUT2D eigenvalue weighted by atomic mass is 15.3. The number of piperazine rings is 1. The summed E-state index contributed by atoms with van der Waals surface area (Å²) in [5.74, 6) is 0.915. The van der Waals surface area contributed by atoms with Crippen LogP contribution in [0.15, 0.2) is 6.20 Å². The fourth-order valence-corrected chi connectivity index (χ4v) is 3.38. The van der Waals surface area contributed by atoms with Gasteiger partial charge < -0.3 is 10.2 Å². The molecule has 2 saturated heterocycles. The summed E-state index contributed by atoms with van der Waals surface area (Å²) >= 11 is 0. The molecule has 0 spiro atoms. The van der Waals surface area contributed by atoms with Crippen molar-refractivity contribution < 1.29 is 0 Å². The van der Waals surface area contributed by atoms with Crippen molar-refractivity contribution in [2.75, 3.05) is 37.6 Å². The van der Waals surface area contributed by atoms with Crippen molar-refractivity contribution in [2.24, 2.45) is 0 Å². The molecule has 0 bridgehead atoms. The summed E-state index contributed by atoms with van der Waals surface area (Å²) in [6.07, 6.45) is 5.83. The van der Waals surface area contributed by atoms with E-state index in [0.29, 0.717) is 6.04 Å². The highest BCUT2D eigenvalue weighted by Gasteiger charge is 2.31. The van der Waals surface area contributed by atoms with Gasteiger partial charge in [0.2, 0.25) is 5.95 Å². The minimum atomic E-state index is 0.716. The lowest BCUT2D eigenvalue weighted by molar-refractivity contribution is 0.229. The fraction of sp³-hybridized carbons (Fsp3) is 0.750. The molecular formula is C16H27N5. The molecule has 0 amide bonds. The van der Waals surface area contributed by atoms with Crippen molar-refractivity contribution in [3.63, 3.8) is 0 Å². The predicted octanol–water partition coefficient (Wildman–Crippen LogP) is 1.57. The van der Waals surface area contributed by atoms with Gasteiger partial charge >= 0.3 is 0 Å². The molecule has 1 aromatic heterocycles. The molecule has 0 aliphatic carbocycles. The quantitative estimate of drug-likeness (QED) is 0.834. The molecule has 21 heavy (non-hydrogen) atoms. The summed E-state index contributed by atoms with van der Waals surface area (Å²) in [6.45, 7) is 10.8. The maximum Gasteiger partial charge on any atom is 0.225 e. The van der Waals surface area contributed by atoms with Crippen LogP contribution in [0.5, 0.6) is 0 Å². The summed E-state index contributed by atoms with van der Waals surface area (Å²) in [7, 11) is 0. The van der Waals surface area contributed by atoms with Crippen LogP contribution in [-0.2, 0) is 6.54 Å². The molecule has 0 radical (unpaired) electrons. The molecule has 2 aliphatic heterocycles. The van der Waals surface area contributed by atoms with Gasteiger partial charge in [0.25, 0.3) is 0 Å². The van der Waals surface area contributed by atoms with Crippen LogP contribution in [0.2, 0.25) is 0 Å². The van der Waals surface area contributed by atoms with E-state index in [4.69, 9.17) is 4.98 Å². The standard InChI is InChI=1S/C16H27N5/c1-3-6-17-10-14-11-18-16(19-13(14)2)21-9-8-20-7-4-5-15(20)12-21/h11,15,17H,3-10,12H2,1-2H3. The average molecular weight is 289 g/mol. The van der Waals surface area contributed by atoms with Gasteiger partial charge in [-0.3, -0.25) is 4.90 Å². The number of rotatable bonds is 5. The molecule has 116 valence electrons. The van der Waals surface area contributed by atoms with Gasteiger partial charge in [-0.1, -0.05) is 6.92 Å². The zero-order valence-electron chi connectivity index (χ0n) is 13.3. The largest absolute Gasteiger partial charge is 0.338 e. The van der Waals surface area contributed by atoms with Crippen molar-refractivity contribution in [2.45, 2.75) is 45.7 Å². The Labute approximate surface area is 127 Å². The summed E-state index contributed by atoms with van der Waals surface area (Å²) in [6, 6.07) is 0.716. The topological polar surface area (TPSA) is 44.3 Å². The monoisotopic (exact) mass is 289 g/mol. The lowest BCUT2D eigenvalue weighted by Gasteiger charge is -2.37. The normalized spacial score (nSPS) is 22.6. The third-order valence-electron chi connectivity index (χ3n) is 4.68. The lowest BCUT2D eigenvalue weighted by atomic mass is 10.1. The smallest absolute Gasteiger partial charge is 0.225 e. The summed E-state index contributed by atoms with van der Waals surface area (Å²) < 4.78 is 0. The van der Waals surface area contributed by atoms with Crippen LogP contribution >= 0.6 is 0 Å². The van der Waals surface area contributed by atoms with Crippen LogP contribution in [0.4, 0.5) is 5.95 Å². The first-order chi connectivity index (χ1) is 10.3. The van der Waals surface area contributed by atoms with Crippen LogP contribution in [0.25, 0.3) is 0 Å². The number of nitrogens with one attached hydrogen (secondary N) is 1. The minimum absolute atomic E-state index is 0.716. The van der Waals surface area contributed by atoms with E-state index >= 15 is 0 Å². The molecule has 1 unspecified atom stereocenters. The van der Waals surface area contributed by atoms with Crippen molar-refractivity contribution in [3.05, 3.63) is 17.5 Å². The van der Waals surface area contributed by atoms with Crippen LogP contribution < -0.4 is 10.2 Å². The van der Waals surface area contributed by atoms with Gasteiger partial charge in [0.05, 0.1) is 0 Å². The van der Waals surface area contributed by atoms with Gasteiger partial charge in [-0.2, -0.15) is 0 Å². The molecule has 2 aliphatic rings. The Balaban J connectivity index is 1.64. The van der Waals surface area contributed by atoms with E-state index in [-0.39, 0.29) is 0 Å². The number of anilines is 1. The molecule has 1 N–H and O–H groups in total. The predicted molar refractivity (Wildman–Crippen MR) is 85.6 cm³/mol. The second-order valence-corrected chi connectivity index (χ2v) is 6.24. The maximum atomic E-state index is 4.75. The molecule has 0 aromatic carbocycles. The Bertz CT molecular complexity index is 476. The Morgan fingerprint density at radius 2 is 2.24 bits per heavy atom. The van der Waals surface area contributed by atoms with E-state index in [1.165, 1.54) is 24.9 Å². The second kappa shape index (κ2) is 6.71. The van der Waals surface area contributed by atoms with E-state index in [9.17, 15) is 0 Å². The first-order valence-electron chi connectivity index (χ1n) is 8.30. The van der Waals surface area contributed by atoms with Crippen molar-refractivity contribution >= 4 is 5.95 Å². The van der Waals surface area contributed by atoms with E-state index in [1.807, 2.05) is 6.20 Å². The van der Waals surface area contributed by atoms with Crippen molar-refractivity contribution in [1.82, 2.24) is 20.2 Å². The third kappa shape index (κ3) is 3.35. The van der Waals surface area contributed by atoms with Crippen LogP contribution in [-0.4, -0.2) is 53.6 Å². The van der Waals surface area contributed by atoms with E-state index in [1.54, 1.807) is 0 Å². The third-order valence-corrected chi connectivity index (χ3v) is 4.68. The van der Waals surface area contributed by atoms with Crippen LogP contribution in [0, 0.1) is 6.92 Å². The SMILES string of the molecule is CCCNCc1cnc(N2CCN3CCCC3C2)nc1C. The number of nitrogens with zero attached hydrogens (tertiary/aromatic N) is 4. The molecular weight excluding hydrogens is 262 g/mol. The van der Waals surface area contributed by atoms with Crippen LogP contribution in [0.1, 0.15) is 37.4 Å². The molecule has 1 aromatic rings. The molecule has 0 saturated carbocycles. The second-order valence-electron chi connectivity index (χ2n) is 6.24. The maximum absolute atomic E-state index is 4.75. The molecule has 5 heteroatoms. The lowest BCUT2D eigenvalue weighted by Crippen LogP contribution is -2.50. The van der Waals surface area contributed by atoms with Gasteiger partial charge in [0.1, 0.15) is 0 Å². The number of hydrogen-bond donors (Lipinski definition) is 1. The fourth-order valence-electron chi connectivity index (χ4n) is 3.38. The van der Waals surface area contributed by atoms with Crippen molar-refractivity contribution in [1.29, 1.82) is 0 Å². The summed E-state index contributed by atoms with van der Waals surface area (Å²) in [5.41, 5.74) is 2.32. The zero-order chi connectivity index (χ0) is 14.7. The van der Waals surface area contributed by atoms with E-state index in [2.05, 4.69) is 33.9 Å². The van der Waals surface area contributed by atoms with Gasteiger partial charge in [-0.15, -0.1) is 0 Å². The Morgan fingerprint density at radius 1 is 1.33 bits per heavy atom. The van der Waals surface area contributed by atoms with Gasteiger partial charge in [0, 0.05) is 49.7 Å². The molecule has 3 rings (SSSR count). The average Bonchev–Trinajstić information content (AvgIpc) is 2.96. The molecule has 2 fully saturated rings. The summed E-state index contributed by atoms with van der Waals surface area (Å²) in [4.78, 5) is 14.3. The molecule has 3 heterocycles. The Morgan fingerprint density at radius 3 is 3.05 bits per heavy atom. The van der Waals surface area contributed by atoms with Crippen LogP contribution in [0.3, 0.4) is 0 Å². The Hall–Kier alpha value is -1.20. The molecule has 1 atom stereocenters. The number of fused-ring (bicyclic) bond motifs is 1. The highest BCUT2D eigenvalue weighted by Crippen LogP contribution is 2.23. The Kier molecular flexibility index (Phi) is 4.70. The van der Waals surface area contributed by atoms with Gasteiger partial charge in [-0.25, -0.2) is 9.97 Å². The van der Waals surface area contributed by atoms with Gasteiger partial charge in [-0.05, 0) is 39.3 Å². The number of aromatic nitrogens is 2. The first kappa shape index (κ1) is 14.7. The van der Waals surface area contributed by atoms with Gasteiger partial charge in [0.15, 0.2) is 0 Å². The number of aryl methyl sites for hydroxylation is 1. The molecule has 5 nitrogen and oxygen atoms in total. The minimum Gasteiger partial charge on any atom is -0.338 e. The first-order valence-corrected chi connectivity index (χ1v) is 8.30. The summed E-state index contributed by atoms with van der Waals surface area (Å²) in [5, 5.41) is 3.42. The van der Waals surface area contributed by atoms with E-state index in [0.717, 1.165) is 50.8 Å². The zero-order valence-corrected chi connectivity index (χ0v) is 13.3. The number of hydrogen-bond acceptors (Lipinski definition) is 5. The highest BCUT2D eigenvalue weighted by molar-refractivity contribution is 5.34. The van der Waals surface area contributed by atoms with Crippen molar-refractivity contribution in [3.8, 4) is 0 Å². The van der Waals surface area contributed by atoms with E-state index < -0.39 is 0 Å².